The van der Waals surface area contributed by atoms with Gasteiger partial charge in [-0.1, -0.05) is 43.7 Å². The molecule has 0 amide bonds. The first-order valence-electron chi connectivity index (χ1n) is 7.69. The van der Waals surface area contributed by atoms with Gasteiger partial charge in [0.25, 0.3) is 5.69 Å². The van der Waals surface area contributed by atoms with Crippen LogP contribution in [-0.4, -0.2) is 13.3 Å². The number of non-ortho nitro benzene ring substituents is 1. The van der Waals surface area contributed by atoms with Crippen LogP contribution < -0.4 is 4.72 Å². The van der Waals surface area contributed by atoms with Crippen LogP contribution in [-0.2, 0) is 16.4 Å². The second kappa shape index (κ2) is 7.55. The van der Waals surface area contributed by atoms with E-state index in [9.17, 15) is 18.5 Å². The molecular weight excluding hydrogens is 328 g/mol. The third-order valence-electron chi connectivity index (χ3n) is 3.69. The molecule has 1 N–H and O–H groups in total. The van der Waals surface area contributed by atoms with Gasteiger partial charge in [0.15, 0.2) is 0 Å². The summed E-state index contributed by atoms with van der Waals surface area (Å²) in [6.07, 6.45) is 2.03. The lowest BCUT2D eigenvalue weighted by Gasteiger charge is -2.15. The Hall–Kier alpha value is -2.25. The molecule has 2 rings (SSSR count). The van der Waals surface area contributed by atoms with Gasteiger partial charge >= 0.3 is 0 Å². The maximum absolute atomic E-state index is 12.4. The quantitative estimate of drug-likeness (QED) is 0.611. The third kappa shape index (κ3) is 4.39. The van der Waals surface area contributed by atoms with Crippen LogP contribution in [0.5, 0.6) is 0 Å². The van der Waals surface area contributed by atoms with E-state index >= 15 is 0 Å². The highest BCUT2D eigenvalue weighted by atomic mass is 32.2. The van der Waals surface area contributed by atoms with Gasteiger partial charge in [0.05, 0.1) is 9.82 Å². The average Bonchev–Trinajstić information content (AvgIpc) is 2.55. The topological polar surface area (TPSA) is 89.3 Å². The molecule has 0 saturated heterocycles. The molecule has 0 aliphatic heterocycles. The van der Waals surface area contributed by atoms with Crippen LogP contribution in [0.4, 0.5) is 5.69 Å². The molecule has 0 radical (unpaired) electrons. The monoisotopic (exact) mass is 348 g/mol. The van der Waals surface area contributed by atoms with Gasteiger partial charge in [-0.25, -0.2) is 13.1 Å². The number of hydrogen-bond donors (Lipinski definition) is 1. The van der Waals surface area contributed by atoms with E-state index in [2.05, 4.69) is 11.6 Å². The third-order valence-corrected chi connectivity index (χ3v) is 5.23. The van der Waals surface area contributed by atoms with Gasteiger partial charge in [-0.2, -0.15) is 0 Å². The molecule has 1 atom stereocenters. The summed E-state index contributed by atoms with van der Waals surface area (Å²) < 4.78 is 27.4. The van der Waals surface area contributed by atoms with Gasteiger partial charge in [-0.3, -0.25) is 10.1 Å². The lowest BCUT2D eigenvalue weighted by Crippen LogP contribution is -2.26. The second-order valence-corrected chi connectivity index (χ2v) is 7.30. The van der Waals surface area contributed by atoms with Crippen LogP contribution in [0.3, 0.4) is 0 Å². The van der Waals surface area contributed by atoms with Crippen molar-refractivity contribution in [1.29, 1.82) is 0 Å². The van der Waals surface area contributed by atoms with Gasteiger partial charge in [-0.05, 0) is 30.5 Å². The second-order valence-electron chi connectivity index (χ2n) is 5.59. The Kier molecular flexibility index (Phi) is 5.69. The summed E-state index contributed by atoms with van der Waals surface area (Å²) in [6, 6.07) is 12.3. The molecule has 0 aliphatic carbocycles. The first-order valence-corrected chi connectivity index (χ1v) is 9.17. The smallest absolute Gasteiger partial charge is 0.258 e. The van der Waals surface area contributed by atoms with Crippen molar-refractivity contribution in [2.45, 2.75) is 37.6 Å². The highest BCUT2D eigenvalue weighted by Gasteiger charge is 2.20. The van der Waals surface area contributed by atoms with Crippen molar-refractivity contribution in [3.63, 3.8) is 0 Å². The summed E-state index contributed by atoms with van der Waals surface area (Å²) in [6.45, 7) is 3.84. The predicted molar refractivity (Wildman–Crippen MR) is 92.3 cm³/mol. The first-order chi connectivity index (χ1) is 11.3. The molecule has 1 unspecified atom stereocenters. The molecule has 0 spiro atoms. The van der Waals surface area contributed by atoms with Gasteiger partial charge in [0.2, 0.25) is 10.0 Å². The van der Waals surface area contributed by atoms with Crippen molar-refractivity contribution in [1.82, 2.24) is 4.72 Å². The van der Waals surface area contributed by atoms with Crippen molar-refractivity contribution in [3.05, 3.63) is 69.8 Å². The summed E-state index contributed by atoms with van der Waals surface area (Å²) in [7, 11) is -3.84. The van der Waals surface area contributed by atoms with Crippen LogP contribution in [0, 0.1) is 10.1 Å². The number of nitro benzene ring substituents is 1. The number of sulfonamides is 1. The van der Waals surface area contributed by atoms with E-state index in [-0.39, 0.29) is 10.6 Å². The largest absolute Gasteiger partial charge is 0.270 e. The van der Waals surface area contributed by atoms with Gasteiger partial charge in [0.1, 0.15) is 0 Å². The Morgan fingerprint density at radius 3 is 2.42 bits per heavy atom. The Morgan fingerprint density at radius 2 is 1.83 bits per heavy atom. The fourth-order valence-corrected chi connectivity index (χ4v) is 3.67. The molecule has 0 bridgehead atoms. The number of aryl methyl sites for hydroxylation is 1. The lowest BCUT2D eigenvalue weighted by atomic mass is 10.0. The number of nitro groups is 1. The number of benzene rings is 2. The van der Waals surface area contributed by atoms with Gasteiger partial charge in [0, 0.05) is 18.2 Å². The highest BCUT2D eigenvalue weighted by Crippen LogP contribution is 2.21. The van der Waals surface area contributed by atoms with Crippen molar-refractivity contribution in [2.75, 3.05) is 0 Å². The van der Waals surface area contributed by atoms with E-state index in [1.807, 2.05) is 24.3 Å². The SMILES string of the molecule is CCCc1ccc(C(C)NS(=O)(=O)c2cccc([N+](=O)[O-])c2)cc1. The molecule has 2 aromatic carbocycles. The minimum absolute atomic E-state index is 0.119. The maximum Gasteiger partial charge on any atom is 0.270 e. The lowest BCUT2D eigenvalue weighted by molar-refractivity contribution is -0.385. The van der Waals surface area contributed by atoms with Crippen LogP contribution >= 0.6 is 0 Å². The van der Waals surface area contributed by atoms with Crippen LogP contribution in [0.1, 0.15) is 37.4 Å². The molecule has 0 saturated carbocycles. The van der Waals surface area contributed by atoms with Crippen LogP contribution in [0.25, 0.3) is 0 Å². The maximum atomic E-state index is 12.4. The Labute approximate surface area is 141 Å². The molecule has 6 nitrogen and oxygen atoms in total. The highest BCUT2D eigenvalue weighted by molar-refractivity contribution is 7.89. The van der Waals surface area contributed by atoms with Crippen LogP contribution in [0.15, 0.2) is 53.4 Å². The fourth-order valence-electron chi connectivity index (χ4n) is 2.39. The van der Waals surface area contributed by atoms with E-state index in [1.165, 1.54) is 23.8 Å². The standard InChI is InChI=1S/C17H20N2O4S/c1-3-5-14-8-10-15(11-9-14)13(2)18-24(22,23)17-7-4-6-16(12-17)19(20)21/h4,6-13,18H,3,5H2,1-2H3. The molecular formula is C17H20N2O4S. The predicted octanol–water partition coefficient (Wildman–Crippen LogP) is 3.59. The van der Waals surface area contributed by atoms with E-state index in [0.717, 1.165) is 24.5 Å². The van der Waals surface area contributed by atoms with E-state index in [1.54, 1.807) is 6.92 Å². The average molecular weight is 348 g/mol. The van der Waals surface area contributed by atoms with Crippen molar-refractivity contribution in [2.24, 2.45) is 0 Å². The summed E-state index contributed by atoms with van der Waals surface area (Å²) in [5.41, 5.74) is 1.79. The summed E-state index contributed by atoms with van der Waals surface area (Å²) in [5.74, 6) is 0. The van der Waals surface area contributed by atoms with E-state index in [0.29, 0.717) is 0 Å². The molecule has 0 aliphatic rings. The summed E-state index contributed by atoms with van der Waals surface area (Å²) in [4.78, 5) is 10.1. The number of nitrogens with zero attached hydrogens (tertiary/aromatic N) is 1. The zero-order valence-electron chi connectivity index (χ0n) is 13.6. The molecule has 24 heavy (non-hydrogen) atoms. The Morgan fingerprint density at radius 1 is 1.17 bits per heavy atom. The summed E-state index contributed by atoms with van der Waals surface area (Å²) in [5, 5.41) is 10.8. The molecule has 2 aromatic rings. The van der Waals surface area contributed by atoms with Gasteiger partial charge < -0.3 is 0 Å². The number of rotatable bonds is 7. The van der Waals surface area contributed by atoms with Crippen molar-refractivity contribution >= 4 is 15.7 Å². The first kappa shape index (κ1) is 18.1. The zero-order chi connectivity index (χ0) is 17.7. The fraction of sp³-hybridized carbons (Fsp3) is 0.294. The number of hydrogen-bond acceptors (Lipinski definition) is 4. The molecule has 0 heterocycles. The Bertz CT molecular complexity index is 817. The van der Waals surface area contributed by atoms with Gasteiger partial charge in [-0.15, -0.1) is 0 Å². The zero-order valence-corrected chi connectivity index (χ0v) is 14.4. The minimum Gasteiger partial charge on any atom is -0.258 e. The van der Waals surface area contributed by atoms with Crippen molar-refractivity contribution < 1.29 is 13.3 Å². The molecule has 0 fully saturated rings. The minimum atomic E-state index is -3.84. The Balaban J connectivity index is 2.18. The molecule has 128 valence electrons. The van der Waals surface area contributed by atoms with E-state index in [4.69, 9.17) is 0 Å². The number of nitrogens with one attached hydrogen (secondary N) is 1. The van der Waals surface area contributed by atoms with Crippen molar-refractivity contribution in [3.8, 4) is 0 Å². The molecule has 7 heteroatoms. The van der Waals surface area contributed by atoms with Crippen LogP contribution in [0.2, 0.25) is 0 Å². The van der Waals surface area contributed by atoms with E-state index < -0.39 is 21.0 Å². The normalized spacial score (nSPS) is 12.8. The molecule has 0 aromatic heterocycles. The summed E-state index contributed by atoms with van der Waals surface area (Å²) >= 11 is 0.